The number of carbonyl (C=O) groups excluding carboxylic acids is 4. The van der Waals surface area contributed by atoms with Crippen LogP contribution < -0.4 is 20.0 Å². The second kappa shape index (κ2) is 17.5. The average Bonchev–Trinajstić information content (AvgIpc) is 3.38. The first kappa shape index (κ1) is 37.0. The molecule has 4 fully saturated rings. The molecule has 4 bridgehead atoms. The second-order valence-corrected chi connectivity index (χ2v) is 13.4. The molecule has 0 spiro atoms. The van der Waals surface area contributed by atoms with Gasteiger partial charge in [0.05, 0.1) is 63.4 Å². The second-order valence-electron chi connectivity index (χ2n) is 13.4. The van der Waals surface area contributed by atoms with Crippen molar-refractivity contribution in [3.05, 3.63) is 71.8 Å². The molecule has 2 aromatic carbocycles. The van der Waals surface area contributed by atoms with Crippen molar-refractivity contribution in [1.82, 2.24) is 0 Å². The Hall–Kier alpha value is -3.84. The quantitative estimate of drug-likeness (QED) is 0.174. The molecule has 0 aliphatic carbocycles. The first-order chi connectivity index (χ1) is 23.0. The van der Waals surface area contributed by atoms with Crippen LogP contribution in [0.1, 0.15) is 74.3 Å². The minimum Gasteiger partial charge on any atom is -0.543 e. The lowest BCUT2D eigenvalue weighted by atomic mass is 9.98. The normalized spacial score (nSPS) is 29.5. The summed E-state index contributed by atoms with van der Waals surface area (Å²) in [4.78, 5) is 45.8. The zero-order valence-corrected chi connectivity index (χ0v) is 27.6. The van der Waals surface area contributed by atoms with Crippen molar-refractivity contribution in [3.8, 4) is 0 Å². The number of carboxylic acid groups (broad SMARTS) is 2. The SMILES string of the molecule is C[NH+]1[C@@H]2CC[C@H]1CC(OC(=O)C(CO)c1ccccc1)C2.C[NH+]1[C@@H]2CC[C@H]1CC(OC(=O)C(CO)c1ccccc1)C2.O=C([O-])C(=O)[O-]. The molecule has 10 atom stereocenters. The maximum atomic E-state index is 12.4. The van der Waals surface area contributed by atoms with Gasteiger partial charge in [-0.3, -0.25) is 9.59 Å². The molecular formula is C36H48N2O10. The number of fused-ring (bicyclic) bond motifs is 4. The van der Waals surface area contributed by atoms with E-state index in [2.05, 4.69) is 14.1 Å². The monoisotopic (exact) mass is 668 g/mol. The fraction of sp³-hybridized carbons (Fsp3) is 0.556. The lowest BCUT2D eigenvalue weighted by Gasteiger charge is -2.33. The van der Waals surface area contributed by atoms with E-state index in [4.69, 9.17) is 29.3 Å². The Morgan fingerprint density at radius 3 is 1.17 bits per heavy atom. The molecule has 4 N–H and O–H groups in total. The summed E-state index contributed by atoms with van der Waals surface area (Å²) in [6.45, 7) is -0.402. The number of carboxylic acids is 2. The summed E-state index contributed by atoms with van der Waals surface area (Å²) < 4.78 is 11.4. The van der Waals surface area contributed by atoms with Crippen LogP contribution in [0.15, 0.2) is 60.7 Å². The molecule has 6 rings (SSSR count). The number of hydrogen-bond donors (Lipinski definition) is 4. The molecule has 0 aromatic heterocycles. The van der Waals surface area contributed by atoms with Crippen molar-refractivity contribution in [1.29, 1.82) is 0 Å². The Balaban J connectivity index is 0.000000186. The van der Waals surface area contributed by atoms with Gasteiger partial charge in [0.25, 0.3) is 0 Å². The van der Waals surface area contributed by atoms with Crippen LogP contribution in [0.2, 0.25) is 0 Å². The predicted molar refractivity (Wildman–Crippen MR) is 168 cm³/mol. The van der Waals surface area contributed by atoms with E-state index in [1.54, 1.807) is 9.80 Å². The highest BCUT2D eigenvalue weighted by Gasteiger charge is 2.45. The molecule has 0 radical (unpaired) electrons. The van der Waals surface area contributed by atoms with E-state index in [1.165, 1.54) is 25.7 Å². The zero-order chi connectivity index (χ0) is 34.8. The molecule has 4 aliphatic rings. The van der Waals surface area contributed by atoms with Gasteiger partial charge in [0.2, 0.25) is 0 Å². The Bertz CT molecular complexity index is 1230. The van der Waals surface area contributed by atoms with E-state index >= 15 is 0 Å². The number of carbonyl (C=O) groups is 4. The predicted octanol–water partition coefficient (Wildman–Crippen LogP) is -2.49. The Labute approximate surface area is 281 Å². The zero-order valence-electron chi connectivity index (χ0n) is 27.6. The topological polar surface area (TPSA) is 182 Å². The maximum absolute atomic E-state index is 12.4. The van der Waals surface area contributed by atoms with Crippen LogP contribution in [-0.2, 0) is 28.7 Å². The first-order valence-corrected chi connectivity index (χ1v) is 16.8. The molecule has 262 valence electrons. The smallest absolute Gasteiger partial charge is 0.316 e. The van der Waals surface area contributed by atoms with Gasteiger partial charge in [-0.25, -0.2) is 0 Å². The number of piperidine rings is 2. The number of quaternary nitrogens is 2. The third-order valence-corrected chi connectivity index (χ3v) is 10.6. The third kappa shape index (κ3) is 9.62. The minimum atomic E-state index is -2.19. The van der Waals surface area contributed by atoms with E-state index in [0.717, 1.165) is 36.8 Å². The molecule has 12 heteroatoms. The van der Waals surface area contributed by atoms with Gasteiger partial charge in [-0.1, -0.05) is 60.7 Å². The van der Waals surface area contributed by atoms with Gasteiger partial charge < -0.3 is 49.3 Å². The van der Waals surface area contributed by atoms with Crippen LogP contribution in [0.3, 0.4) is 0 Å². The number of ether oxygens (including phenoxy) is 2. The largest absolute Gasteiger partial charge is 0.543 e. The average molecular weight is 669 g/mol. The third-order valence-electron chi connectivity index (χ3n) is 10.6. The van der Waals surface area contributed by atoms with Crippen LogP contribution in [0.4, 0.5) is 0 Å². The Morgan fingerprint density at radius 2 is 0.917 bits per heavy atom. The standard InChI is InChI=1S/2C17H23NO3.C2H2O4/c2*1-18-13-7-8-14(18)10-15(9-13)21-17(20)16(11-19)12-5-3-2-4-6-12;3-1(4)2(5)6/h2*2-6,13-16,19H,7-11H2,1H3;(H,3,4)(H,5,6)/t2*13-,14+,15?,16?;. The van der Waals surface area contributed by atoms with Crippen LogP contribution in [0, 0.1) is 0 Å². The van der Waals surface area contributed by atoms with Crippen molar-refractivity contribution in [2.24, 2.45) is 0 Å². The van der Waals surface area contributed by atoms with Crippen molar-refractivity contribution >= 4 is 23.9 Å². The van der Waals surface area contributed by atoms with Crippen molar-refractivity contribution in [2.45, 2.75) is 99.6 Å². The van der Waals surface area contributed by atoms with Gasteiger partial charge in [-0.05, 0) is 11.1 Å². The molecule has 48 heavy (non-hydrogen) atoms. The van der Waals surface area contributed by atoms with E-state index in [-0.39, 0.29) is 37.4 Å². The summed E-state index contributed by atoms with van der Waals surface area (Å²) in [6, 6.07) is 21.3. The summed E-state index contributed by atoms with van der Waals surface area (Å²) >= 11 is 0. The molecule has 0 amide bonds. The molecule has 2 aromatic rings. The van der Waals surface area contributed by atoms with E-state index in [1.807, 2.05) is 60.7 Å². The number of hydrogen-bond acceptors (Lipinski definition) is 10. The van der Waals surface area contributed by atoms with Crippen LogP contribution in [0.25, 0.3) is 0 Å². The molecule has 6 unspecified atom stereocenters. The number of aliphatic hydroxyl groups is 2. The van der Waals surface area contributed by atoms with Gasteiger partial charge in [0, 0.05) is 51.4 Å². The summed E-state index contributed by atoms with van der Waals surface area (Å²) in [5.41, 5.74) is 1.65. The van der Waals surface area contributed by atoms with Crippen molar-refractivity contribution in [2.75, 3.05) is 27.3 Å². The van der Waals surface area contributed by atoms with Gasteiger partial charge in [0.1, 0.15) is 24.0 Å². The first-order valence-electron chi connectivity index (χ1n) is 16.8. The lowest BCUT2D eigenvalue weighted by Crippen LogP contribution is -3.15. The van der Waals surface area contributed by atoms with Gasteiger partial charge in [0.15, 0.2) is 0 Å². The molecule has 4 aliphatic heterocycles. The van der Waals surface area contributed by atoms with Crippen LogP contribution in [0.5, 0.6) is 0 Å². The molecular weight excluding hydrogens is 620 g/mol. The van der Waals surface area contributed by atoms with Gasteiger partial charge in [-0.15, -0.1) is 0 Å². The maximum Gasteiger partial charge on any atom is 0.316 e. The molecule has 0 saturated carbocycles. The summed E-state index contributed by atoms with van der Waals surface area (Å²) in [7, 11) is 4.50. The molecule has 4 heterocycles. The Kier molecular flexibility index (Phi) is 13.5. The van der Waals surface area contributed by atoms with E-state index in [9.17, 15) is 19.8 Å². The van der Waals surface area contributed by atoms with Crippen LogP contribution in [-0.4, -0.2) is 97.8 Å². The number of aliphatic hydroxyl groups excluding tert-OH is 2. The van der Waals surface area contributed by atoms with Crippen molar-refractivity contribution in [3.63, 3.8) is 0 Å². The summed E-state index contributed by atoms with van der Waals surface area (Å²) in [5, 5.41) is 36.9. The number of benzene rings is 2. The number of rotatable bonds is 8. The van der Waals surface area contributed by atoms with Gasteiger partial charge >= 0.3 is 11.9 Å². The summed E-state index contributed by atoms with van der Waals surface area (Å²) in [5.74, 6) is -6.06. The highest BCUT2D eigenvalue weighted by atomic mass is 16.5. The van der Waals surface area contributed by atoms with E-state index in [0.29, 0.717) is 24.2 Å². The Morgan fingerprint density at radius 1 is 0.625 bits per heavy atom. The number of nitrogens with one attached hydrogen (secondary N) is 2. The van der Waals surface area contributed by atoms with E-state index < -0.39 is 23.8 Å². The molecule has 12 nitrogen and oxygen atoms in total. The fourth-order valence-electron chi connectivity index (χ4n) is 7.75. The number of aliphatic carboxylic acids is 2. The fourth-order valence-corrected chi connectivity index (χ4v) is 7.75. The number of esters is 2. The highest BCUT2D eigenvalue weighted by molar-refractivity contribution is 6.25. The highest BCUT2D eigenvalue weighted by Crippen LogP contribution is 2.28. The lowest BCUT2D eigenvalue weighted by molar-refractivity contribution is -0.923. The van der Waals surface area contributed by atoms with Gasteiger partial charge in [-0.2, -0.15) is 0 Å². The van der Waals surface area contributed by atoms with Crippen LogP contribution >= 0.6 is 0 Å². The molecule has 4 saturated heterocycles. The minimum absolute atomic E-state index is 0.0245. The summed E-state index contributed by atoms with van der Waals surface area (Å²) in [6.07, 6.45) is 8.86. The van der Waals surface area contributed by atoms with Crippen molar-refractivity contribution < 1.29 is 58.9 Å².